The fourth-order valence-electron chi connectivity index (χ4n) is 4.57. The normalized spacial score (nSPS) is 16.5. The maximum absolute atomic E-state index is 13.1. The second-order valence-electron chi connectivity index (χ2n) is 8.88. The van der Waals surface area contributed by atoms with Gasteiger partial charge in [-0.1, -0.05) is 23.7 Å². The Balaban J connectivity index is 1.24. The summed E-state index contributed by atoms with van der Waals surface area (Å²) in [6.07, 6.45) is 9.11. The lowest BCUT2D eigenvalue weighted by atomic mass is 9.85. The minimum absolute atomic E-state index is 0.0717. The molecule has 1 saturated heterocycles. The van der Waals surface area contributed by atoms with Crippen LogP contribution >= 0.6 is 11.6 Å². The monoisotopic (exact) mass is 478 g/mol. The van der Waals surface area contributed by atoms with Crippen LogP contribution < -0.4 is 16.0 Å². The number of carbonyl (C=O) groups excluding carboxylic acids is 1. The number of nitrogens with one attached hydrogen (secondary N) is 3. The first-order chi connectivity index (χ1) is 16.5. The van der Waals surface area contributed by atoms with E-state index in [0.29, 0.717) is 24.3 Å². The van der Waals surface area contributed by atoms with Gasteiger partial charge < -0.3 is 25.9 Å². The number of amides is 1. The first kappa shape index (κ1) is 22.4. The van der Waals surface area contributed by atoms with Crippen LogP contribution in [-0.4, -0.2) is 49.5 Å². The van der Waals surface area contributed by atoms with Crippen molar-refractivity contribution in [2.24, 2.45) is 5.73 Å². The molecule has 9 nitrogen and oxygen atoms in total. The van der Waals surface area contributed by atoms with Crippen LogP contribution in [0.4, 0.5) is 5.82 Å². The number of anilines is 1. The summed E-state index contributed by atoms with van der Waals surface area (Å²) < 4.78 is 0. The summed E-state index contributed by atoms with van der Waals surface area (Å²) in [6, 6.07) is 9.26. The van der Waals surface area contributed by atoms with E-state index in [1.54, 1.807) is 18.7 Å². The zero-order valence-electron chi connectivity index (χ0n) is 18.7. The lowest BCUT2D eigenvalue weighted by molar-refractivity contribution is -0.123. The minimum Gasteiger partial charge on any atom is -0.356 e. The number of H-pyrrole nitrogens is 2. The lowest BCUT2D eigenvalue weighted by Crippen LogP contribution is -2.53. The molecule has 5 N–H and O–H groups in total. The smallest absolute Gasteiger partial charge is 0.222 e. The molecular formula is C24H27ClN8O. The molecule has 1 atom stereocenters. The molecule has 1 aliphatic heterocycles. The SMILES string of the molecule is NC1(CC(=O)NC(Cc2ncc[nH]2)c2ccc(Cl)cc2)CCN(c2ncnc3[nH]ccc23)CC1. The van der Waals surface area contributed by atoms with Crippen LogP contribution in [0.1, 0.15) is 36.7 Å². The molecule has 1 amide bonds. The van der Waals surface area contributed by atoms with Gasteiger partial charge in [-0.2, -0.15) is 0 Å². The van der Waals surface area contributed by atoms with E-state index >= 15 is 0 Å². The predicted molar refractivity (Wildman–Crippen MR) is 131 cm³/mol. The highest BCUT2D eigenvalue weighted by atomic mass is 35.5. The molecule has 4 heterocycles. The number of aromatic nitrogens is 5. The third-order valence-corrected chi connectivity index (χ3v) is 6.72. The number of rotatable bonds is 7. The van der Waals surface area contributed by atoms with E-state index in [0.717, 1.165) is 41.3 Å². The number of hydrogen-bond donors (Lipinski definition) is 4. The summed E-state index contributed by atoms with van der Waals surface area (Å²) >= 11 is 6.06. The average molecular weight is 479 g/mol. The molecular weight excluding hydrogens is 452 g/mol. The molecule has 34 heavy (non-hydrogen) atoms. The molecule has 3 aromatic heterocycles. The second kappa shape index (κ2) is 9.44. The van der Waals surface area contributed by atoms with Crippen LogP contribution in [0.3, 0.4) is 0 Å². The van der Waals surface area contributed by atoms with Crippen molar-refractivity contribution in [2.75, 3.05) is 18.0 Å². The Labute approximate surface area is 202 Å². The Morgan fingerprint density at radius 1 is 1.12 bits per heavy atom. The van der Waals surface area contributed by atoms with Crippen molar-refractivity contribution in [1.29, 1.82) is 0 Å². The van der Waals surface area contributed by atoms with Crippen LogP contribution in [-0.2, 0) is 11.2 Å². The number of hydrogen-bond acceptors (Lipinski definition) is 6. The first-order valence-electron chi connectivity index (χ1n) is 11.3. The standard InChI is InChI=1S/C24H27ClN8O/c25-17-3-1-16(2-4-17)19(13-20-27-9-10-28-20)32-21(34)14-24(26)6-11-33(12-7-24)23-18-5-8-29-22(18)30-15-31-23/h1-5,8-10,15,19H,6-7,11-14,26H2,(H,27,28)(H,32,34)(H,29,30,31). The maximum atomic E-state index is 13.1. The topological polar surface area (TPSA) is 129 Å². The summed E-state index contributed by atoms with van der Waals surface area (Å²) in [5.41, 5.74) is 7.92. The molecule has 176 valence electrons. The highest BCUT2D eigenvalue weighted by Crippen LogP contribution is 2.30. The molecule has 10 heteroatoms. The maximum Gasteiger partial charge on any atom is 0.222 e. The molecule has 0 saturated carbocycles. The van der Waals surface area contributed by atoms with Gasteiger partial charge in [-0.25, -0.2) is 15.0 Å². The number of nitrogens with two attached hydrogens (primary N) is 1. The molecule has 1 fully saturated rings. The number of benzene rings is 1. The number of fused-ring (bicyclic) bond motifs is 1. The van der Waals surface area contributed by atoms with Gasteiger partial charge in [0.05, 0.1) is 11.4 Å². The molecule has 0 radical (unpaired) electrons. The van der Waals surface area contributed by atoms with Crippen molar-refractivity contribution in [2.45, 2.75) is 37.3 Å². The van der Waals surface area contributed by atoms with Gasteiger partial charge in [-0.05, 0) is 36.6 Å². The zero-order valence-corrected chi connectivity index (χ0v) is 19.4. The second-order valence-corrected chi connectivity index (χ2v) is 9.31. The molecule has 0 spiro atoms. The summed E-state index contributed by atoms with van der Waals surface area (Å²) in [7, 11) is 0. The van der Waals surface area contributed by atoms with Crippen molar-refractivity contribution in [3.05, 3.63) is 71.7 Å². The first-order valence-corrected chi connectivity index (χ1v) is 11.7. The van der Waals surface area contributed by atoms with E-state index in [-0.39, 0.29) is 18.4 Å². The van der Waals surface area contributed by atoms with E-state index in [1.807, 2.05) is 36.5 Å². The van der Waals surface area contributed by atoms with Gasteiger partial charge in [0.15, 0.2) is 0 Å². The van der Waals surface area contributed by atoms with Crippen molar-refractivity contribution in [1.82, 2.24) is 30.2 Å². The van der Waals surface area contributed by atoms with Gasteiger partial charge in [0.25, 0.3) is 0 Å². The van der Waals surface area contributed by atoms with Crippen LogP contribution in [0.2, 0.25) is 5.02 Å². The Morgan fingerprint density at radius 3 is 2.65 bits per heavy atom. The summed E-state index contributed by atoms with van der Waals surface area (Å²) in [4.78, 5) is 34.6. The van der Waals surface area contributed by atoms with Crippen LogP contribution in [0.25, 0.3) is 11.0 Å². The number of halogens is 1. The Morgan fingerprint density at radius 2 is 1.91 bits per heavy atom. The molecule has 0 aliphatic carbocycles. The van der Waals surface area contributed by atoms with Crippen molar-refractivity contribution in [3.8, 4) is 0 Å². The third-order valence-electron chi connectivity index (χ3n) is 6.46. The van der Waals surface area contributed by atoms with Gasteiger partial charge in [0.2, 0.25) is 5.91 Å². The molecule has 1 unspecified atom stereocenters. The van der Waals surface area contributed by atoms with Crippen molar-refractivity contribution < 1.29 is 4.79 Å². The van der Waals surface area contributed by atoms with E-state index < -0.39 is 5.54 Å². The lowest BCUT2D eigenvalue weighted by Gasteiger charge is -2.39. The number of piperidine rings is 1. The van der Waals surface area contributed by atoms with Gasteiger partial charge in [0, 0.05) is 55.1 Å². The minimum atomic E-state index is -0.569. The van der Waals surface area contributed by atoms with Crippen LogP contribution in [0, 0.1) is 0 Å². The van der Waals surface area contributed by atoms with Crippen LogP contribution in [0.15, 0.2) is 55.2 Å². The summed E-state index contributed by atoms with van der Waals surface area (Å²) in [5, 5.41) is 4.81. The van der Waals surface area contributed by atoms with E-state index in [9.17, 15) is 4.79 Å². The fourth-order valence-corrected chi connectivity index (χ4v) is 4.69. The van der Waals surface area contributed by atoms with E-state index in [4.69, 9.17) is 17.3 Å². The molecule has 1 aliphatic rings. The number of imidazole rings is 1. The summed E-state index contributed by atoms with van der Waals surface area (Å²) in [5.74, 6) is 1.63. The number of nitrogens with zero attached hydrogens (tertiary/aromatic N) is 4. The molecule has 4 aromatic rings. The van der Waals surface area contributed by atoms with E-state index in [2.05, 4.69) is 35.1 Å². The van der Waals surface area contributed by atoms with Crippen molar-refractivity contribution >= 4 is 34.4 Å². The summed E-state index contributed by atoms with van der Waals surface area (Å²) in [6.45, 7) is 1.46. The van der Waals surface area contributed by atoms with Gasteiger partial charge in [-0.3, -0.25) is 4.79 Å². The Bertz CT molecular complexity index is 1250. The highest BCUT2D eigenvalue weighted by molar-refractivity contribution is 6.30. The Kier molecular flexibility index (Phi) is 6.21. The third kappa shape index (κ3) is 4.90. The highest BCUT2D eigenvalue weighted by Gasteiger charge is 2.34. The number of aromatic amines is 2. The largest absolute Gasteiger partial charge is 0.356 e. The number of carbonyl (C=O) groups is 1. The van der Waals surface area contributed by atoms with Crippen LogP contribution in [0.5, 0.6) is 0 Å². The molecule has 0 bridgehead atoms. The van der Waals surface area contributed by atoms with Gasteiger partial charge in [0.1, 0.15) is 23.6 Å². The Hall–Kier alpha value is -3.43. The van der Waals surface area contributed by atoms with Crippen molar-refractivity contribution in [3.63, 3.8) is 0 Å². The van der Waals surface area contributed by atoms with Gasteiger partial charge in [-0.15, -0.1) is 0 Å². The predicted octanol–water partition coefficient (Wildman–Crippen LogP) is 3.12. The molecule has 1 aromatic carbocycles. The fraction of sp³-hybridized carbons (Fsp3) is 0.333. The quantitative estimate of drug-likeness (QED) is 0.323. The molecule has 5 rings (SSSR count). The zero-order chi connectivity index (χ0) is 23.5. The average Bonchev–Trinajstić information content (AvgIpc) is 3.51. The van der Waals surface area contributed by atoms with Gasteiger partial charge >= 0.3 is 0 Å². The van der Waals surface area contributed by atoms with E-state index in [1.165, 1.54) is 0 Å².